The van der Waals surface area contributed by atoms with E-state index in [9.17, 15) is 0 Å². The second-order valence-corrected chi connectivity index (χ2v) is 1.47. The van der Waals surface area contributed by atoms with E-state index in [0.29, 0.717) is 0 Å². The molecule has 0 atom stereocenters. The van der Waals surface area contributed by atoms with Crippen molar-refractivity contribution in [2.75, 3.05) is 20.2 Å². The van der Waals surface area contributed by atoms with Crippen LogP contribution in [0.4, 0.5) is 0 Å². The molecule has 0 aliphatic rings. The topological polar surface area (TPSA) is 37.2 Å². The third kappa shape index (κ3) is 5.49. The van der Waals surface area contributed by atoms with Crippen molar-refractivity contribution in [1.82, 2.24) is 5.01 Å². The van der Waals surface area contributed by atoms with Crippen molar-refractivity contribution in [1.29, 1.82) is 0 Å². The van der Waals surface area contributed by atoms with Crippen molar-refractivity contribution < 1.29 is 4.84 Å². The number of alkyl halides is 1. The van der Waals surface area contributed by atoms with Crippen LogP contribution in [0.1, 0.15) is 0 Å². The Morgan fingerprint density at radius 1 is 1.62 bits per heavy atom. The van der Waals surface area contributed by atoms with Gasteiger partial charge < -0.3 is 4.84 Å². The molecule has 0 aromatic heterocycles. The minimum Gasteiger partial charge on any atom is -0.362 e. The maximum absolute atomic E-state index is 5.09. The van der Waals surface area contributed by atoms with Crippen LogP contribution in [0.5, 0.6) is 0 Å². The van der Waals surface area contributed by atoms with Crippen molar-refractivity contribution in [3.63, 3.8) is 0 Å². The van der Waals surface area contributed by atoms with Gasteiger partial charge in [-0.15, -0.1) is 0 Å². The summed E-state index contributed by atoms with van der Waals surface area (Å²) in [5, 5.41) is 8.18. The number of nitrogens with zero attached hydrogens (tertiary/aromatic N) is 3. The van der Waals surface area contributed by atoms with Gasteiger partial charge in [-0.05, 0) is 5.22 Å². The first-order valence-electron chi connectivity index (χ1n) is 2.03. The molecule has 0 aromatic rings. The van der Waals surface area contributed by atoms with E-state index in [-0.39, 0.29) is 6.07 Å². The quantitative estimate of drug-likeness (QED) is 0.331. The molecule has 48 valence electrons. The van der Waals surface area contributed by atoms with Crippen molar-refractivity contribution >= 4 is 11.6 Å². The molecular formula is C3H8ClN3O. The summed E-state index contributed by atoms with van der Waals surface area (Å²) < 4.78 is 0. The van der Waals surface area contributed by atoms with E-state index in [1.807, 2.05) is 0 Å². The minimum atomic E-state index is 0.0390. The lowest BCUT2D eigenvalue weighted by Crippen LogP contribution is -1.99. The average molecular weight is 138 g/mol. The Kier molecular flexibility index (Phi) is 4.35. The van der Waals surface area contributed by atoms with Crippen molar-refractivity contribution in [2.45, 2.75) is 0 Å². The molecule has 0 amide bonds. The third-order valence-corrected chi connectivity index (χ3v) is 0.420. The second kappa shape index (κ2) is 4.64. The summed E-state index contributed by atoms with van der Waals surface area (Å²) in [5.41, 5.74) is 0. The SMILES string of the molecule is CN(C)N=NOCCl. The lowest BCUT2D eigenvalue weighted by Gasteiger charge is -1.97. The molecule has 0 radical (unpaired) electrons. The van der Waals surface area contributed by atoms with Gasteiger partial charge in [-0.25, -0.2) is 0 Å². The molecule has 0 bridgehead atoms. The average Bonchev–Trinajstić information content (AvgIpc) is 1.66. The predicted octanol–water partition coefficient (Wildman–Crippen LogP) is 1.04. The lowest BCUT2D eigenvalue weighted by molar-refractivity contribution is 0.142. The van der Waals surface area contributed by atoms with Crippen LogP contribution >= 0.6 is 11.6 Å². The molecular weight excluding hydrogens is 130 g/mol. The van der Waals surface area contributed by atoms with Gasteiger partial charge in [0, 0.05) is 19.4 Å². The largest absolute Gasteiger partial charge is 0.362 e. The summed E-state index contributed by atoms with van der Waals surface area (Å²) in [6.45, 7) is 0. The van der Waals surface area contributed by atoms with Gasteiger partial charge in [-0.2, -0.15) is 0 Å². The highest BCUT2D eigenvalue weighted by Gasteiger charge is 1.75. The number of halogens is 1. The molecule has 4 nitrogen and oxygen atoms in total. The fourth-order valence-electron chi connectivity index (χ4n) is 0.121. The van der Waals surface area contributed by atoms with Crippen LogP contribution in [0, 0.1) is 0 Å². The molecule has 0 heterocycles. The Balaban J connectivity index is 3.07. The zero-order chi connectivity index (χ0) is 6.41. The smallest absolute Gasteiger partial charge is 0.192 e. The lowest BCUT2D eigenvalue weighted by atomic mass is 11.2. The first kappa shape index (κ1) is 7.49. The molecule has 0 N–H and O–H groups in total. The normalized spacial score (nSPS) is 9.88. The highest BCUT2D eigenvalue weighted by atomic mass is 35.5. The molecule has 0 aliphatic heterocycles. The van der Waals surface area contributed by atoms with Crippen LogP contribution in [-0.2, 0) is 4.84 Å². The van der Waals surface area contributed by atoms with Crippen LogP contribution in [0.3, 0.4) is 0 Å². The van der Waals surface area contributed by atoms with Crippen LogP contribution in [-0.4, -0.2) is 25.2 Å². The van der Waals surface area contributed by atoms with Crippen LogP contribution in [0.2, 0.25) is 0 Å². The molecule has 8 heavy (non-hydrogen) atoms. The van der Waals surface area contributed by atoms with E-state index in [0.717, 1.165) is 0 Å². The highest BCUT2D eigenvalue weighted by molar-refractivity contribution is 6.17. The summed E-state index contributed by atoms with van der Waals surface area (Å²) in [7, 11) is 3.47. The Morgan fingerprint density at radius 2 is 2.25 bits per heavy atom. The highest BCUT2D eigenvalue weighted by Crippen LogP contribution is 1.83. The Hall–Kier alpha value is -0.510. The first-order chi connectivity index (χ1) is 3.77. The summed E-state index contributed by atoms with van der Waals surface area (Å²) in [6.07, 6.45) is 0. The van der Waals surface area contributed by atoms with E-state index in [1.54, 1.807) is 14.1 Å². The van der Waals surface area contributed by atoms with Gasteiger partial charge in [0.1, 0.15) is 0 Å². The van der Waals surface area contributed by atoms with Gasteiger partial charge >= 0.3 is 0 Å². The first-order valence-corrected chi connectivity index (χ1v) is 2.57. The summed E-state index contributed by atoms with van der Waals surface area (Å²) in [5.74, 6) is 0. The second-order valence-electron chi connectivity index (χ2n) is 1.26. The standard InChI is InChI=1S/C3H8ClN3O/c1-7(2)5-6-8-3-4/h3H2,1-2H3. The van der Waals surface area contributed by atoms with Gasteiger partial charge in [0.2, 0.25) is 0 Å². The maximum atomic E-state index is 5.09. The van der Waals surface area contributed by atoms with E-state index >= 15 is 0 Å². The predicted molar refractivity (Wildman–Crippen MR) is 30.3 cm³/mol. The van der Waals surface area contributed by atoms with E-state index in [1.165, 1.54) is 5.01 Å². The number of hydrogen-bond acceptors (Lipinski definition) is 3. The molecule has 0 saturated carbocycles. The van der Waals surface area contributed by atoms with Gasteiger partial charge in [-0.1, -0.05) is 11.6 Å². The third-order valence-electron chi connectivity index (χ3n) is 0.322. The molecule has 5 heteroatoms. The van der Waals surface area contributed by atoms with E-state index in [2.05, 4.69) is 15.3 Å². The maximum Gasteiger partial charge on any atom is 0.192 e. The monoisotopic (exact) mass is 137 g/mol. The van der Waals surface area contributed by atoms with Crippen molar-refractivity contribution in [3.05, 3.63) is 0 Å². The molecule has 0 unspecified atom stereocenters. The number of rotatable bonds is 3. The Morgan fingerprint density at radius 3 is 2.62 bits per heavy atom. The van der Waals surface area contributed by atoms with Gasteiger partial charge in [-0.3, -0.25) is 5.01 Å². The van der Waals surface area contributed by atoms with Crippen LogP contribution in [0.25, 0.3) is 0 Å². The zero-order valence-corrected chi connectivity index (χ0v) is 5.59. The summed E-state index contributed by atoms with van der Waals surface area (Å²) in [4.78, 5) is 4.33. The zero-order valence-electron chi connectivity index (χ0n) is 4.83. The van der Waals surface area contributed by atoms with Gasteiger partial charge in [0.15, 0.2) is 6.07 Å². The van der Waals surface area contributed by atoms with Gasteiger partial charge in [0.25, 0.3) is 0 Å². The van der Waals surface area contributed by atoms with Crippen molar-refractivity contribution in [3.8, 4) is 0 Å². The van der Waals surface area contributed by atoms with E-state index in [4.69, 9.17) is 11.6 Å². The molecule has 0 saturated heterocycles. The van der Waals surface area contributed by atoms with Crippen molar-refractivity contribution in [2.24, 2.45) is 10.5 Å². The Labute approximate surface area is 53.0 Å². The fraction of sp³-hybridized carbons (Fsp3) is 1.00. The van der Waals surface area contributed by atoms with E-state index < -0.39 is 0 Å². The molecule has 0 rings (SSSR count). The van der Waals surface area contributed by atoms with Gasteiger partial charge in [0.05, 0.1) is 0 Å². The number of hydrogen-bond donors (Lipinski definition) is 0. The minimum absolute atomic E-state index is 0.0390. The van der Waals surface area contributed by atoms with Crippen LogP contribution < -0.4 is 0 Å². The fourth-order valence-corrected chi connectivity index (χ4v) is 0.164. The molecule has 0 aliphatic carbocycles. The summed E-state index contributed by atoms with van der Waals surface area (Å²) >= 11 is 5.09. The van der Waals surface area contributed by atoms with Crippen LogP contribution in [0.15, 0.2) is 10.5 Å². The summed E-state index contributed by atoms with van der Waals surface area (Å²) in [6, 6.07) is 0.0390. The molecule has 0 fully saturated rings. The Bertz CT molecular complexity index is 74.9. The molecule has 0 aromatic carbocycles. The molecule has 0 spiro atoms.